The van der Waals surface area contributed by atoms with Gasteiger partial charge in [0.15, 0.2) is 5.95 Å². The van der Waals surface area contributed by atoms with Crippen LogP contribution in [0, 0.1) is 16.5 Å². The highest BCUT2D eigenvalue weighted by Gasteiger charge is 2.30. The van der Waals surface area contributed by atoms with Crippen LogP contribution in [0.5, 0.6) is 5.88 Å². The van der Waals surface area contributed by atoms with Crippen LogP contribution in [-0.2, 0) is 21.8 Å². The first-order valence-corrected chi connectivity index (χ1v) is 17.2. The van der Waals surface area contributed by atoms with Crippen molar-refractivity contribution < 1.29 is 17.9 Å². The van der Waals surface area contributed by atoms with Crippen molar-refractivity contribution in [2.75, 3.05) is 52.6 Å². The van der Waals surface area contributed by atoms with Gasteiger partial charge >= 0.3 is 0 Å². The highest BCUT2D eigenvalue weighted by Crippen LogP contribution is 2.36. The normalized spacial score (nSPS) is 19.2. The summed E-state index contributed by atoms with van der Waals surface area (Å²) in [6.07, 6.45) is 10.1. The molecule has 4 aromatic rings. The highest BCUT2D eigenvalue weighted by molar-refractivity contribution is 7.92. The van der Waals surface area contributed by atoms with Crippen molar-refractivity contribution in [3.8, 4) is 11.9 Å². The Morgan fingerprint density at radius 2 is 1.81 bits per heavy atom. The molecule has 0 bridgehead atoms. The van der Waals surface area contributed by atoms with Gasteiger partial charge in [0.1, 0.15) is 18.0 Å². The Kier molecular flexibility index (Phi) is 9.25. The molecule has 0 amide bonds. The Hall–Kier alpha value is -4.79. The predicted molar refractivity (Wildman–Crippen MR) is 176 cm³/mol. The van der Waals surface area contributed by atoms with Crippen molar-refractivity contribution in [2.24, 2.45) is 7.05 Å². The molecule has 248 valence electrons. The molecule has 0 spiro atoms. The number of aromatic nitrogens is 6. The van der Waals surface area contributed by atoms with E-state index in [0.717, 1.165) is 31.9 Å². The van der Waals surface area contributed by atoms with Crippen LogP contribution >= 0.6 is 0 Å². The summed E-state index contributed by atoms with van der Waals surface area (Å²) in [5.74, 6) is 1.64. The lowest BCUT2D eigenvalue weighted by Crippen LogP contribution is -2.37. The summed E-state index contributed by atoms with van der Waals surface area (Å²) in [6, 6.07) is 5.08. The molecule has 1 aliphatic carbocycles. The number of morpholine rings is 1. The molecule has 2 aliphatic rings. The van der Waals surface area contributed by atoms with E-state index >= 15 is 0 Å². The third-order valence-electron chi connectivity index (χ3n) is 8.53. The van der Waals surface area contributed by atoms with E-state index in [-0.39, 0.29) is 18.1 Å². The Balaban J connectivity index is 1.30. The summed E-state index contributed by atoms with van der Waals surface area (Å²) in [5.41, 5.74) is 3.64. The van der Waals surface area contributed by atoms with Crippen LogP contribution in [0.2, 0.25) is 0 Å². The van der Waals surface area contributed by atoms with E-state index in [9.17, 15) is 13.6 Å². The SMILES string of the molecule is CC(c1cnc(N[O-])n1C)N(c1cnc2cc(N3CCOCC3)nc(OC3CCC(Nc4ncc(C#N)cn4)CC3)c2c1)S(C)(=O)=O. The number of anilines is 4. The third-order valence-corrected chi connectivity index (χ3v) is 9.77. The molecule has 5 heterocycles. The lowest BCUT2D eigenvalue weighted by Gasteiger charge is -2.31. The van der Waals surface area contributed by atoms with Gasteiger partial charge in [-0.25, -0.2) is 23.4 Å². The minimum Gasteiger partial charge on any atom is -0.759 e. The lowest BCUT2D eigenvalue weighted by molar-refractivity contribution is 0.122. The van der Waals surface area contributed by atoms with Gasteiger partial charge in [-0.15, -0.1) is 0 Å². The topological polar surface area (TPSA) is 199 Å². The Morgan fingerprint density at radius 3 is 2.45 bits per heavy atom. The first kappa shape index (κ1) is 32.2. The second-order valence-electron chi connectivity index (χ2n) is 11.7. The molecule has 17 heteroatoms. The standard InChI is InChI=1S/C30H36N11O5S/c1-19(26-18-35-30(38-42)39(26)2)41(47(3,43)44)22-12-24-25(32-17-22)13-27(40-8-10-45-11-9-40)37-28(24)46-23-6-4-21(5-7-23)36-29-33-15-20(14-31)16-34-29/h12-13,15-19,21,23H,4-11H2,1-3H3,(H2-,33,34,35,36,38,42)/q-1. The summed E-state index contributed by atoms with van der Waals surface area (Å²) in [5, 5.41) is 24.2. The van der Waals surface area contributed by atoms with Gasteiger partial charge in [-0.1, -0.05) is 0 Å². The summed E-state index contributed by atoms with van der Waals surface area (Å²) in [7, 11) is -2.17. The molecule has 1 saturated carbocycles. The largest absolute Gasteiger partial charge is 0.759 e. The average molecular weight is 663 g/mol. The molecule has 1 aliphatic heterocycles. The molecule has 1 unspecified atom stereocenters. The molecule has 0 radical (unpaired) electrons. The summed E-state index contributed by atoms with van der Waals surface area (Å²) in [6.45, 7) is 4.24. The minimum atomic E-state index is -3.81. The van der Waals surface area contributed by atoms with Crippen molar-refractivity contribution >= 4 is 44.3 Å². The molecule has 4 aromatic heterocycles. The molecular weight excluding hydrogens is 626 g/mol. The summed E-state index contributed by atoms with van der Waals surface area (Å²) in [4.78, 5) is 24.3. The van der Waals surface area contributed by atoms with Gasteiger partial charge in [0.2, 0.25) is 21.9 Å². The number of imidazole rings is 1. The van der Waals surface area contributed by atoms with Crippen LogP contribution < -0.4 is 24.7 Å². The summed E-state index contributed by atoms with van der Waals surface area (Å²) >= 11 is 0. The lowest BCUT2D eigenvalue weighted by atomic mass is 9.93. The van der Waals surface area contributed by atoms with Gasteiger partial charge in [0.05, 0.1) is 78.1 Å². The van der Waals surface area contributed by atoms with Gasteiger partial charge in [0.25, 0.3) is 0 Å². The highest BCUT2D eigenvalue weighted by atomic mass is 32.2. The summed E-state index contributed by atoms with van der Waals surface area (Å²) < 4.78 is 41.4. The predicted octanol–water partition coefficient (Wildman–Crippen LogP) is 3.10. The van der Waals surface area contributed by atoms with Gasteiger partial charge in [0, 0.05) is 32.2 Å². The number of hydrogen-bond donors (Lipinski definition) is 2. The van der Waals surface area contributed by atoms with E-state index < -0.39 is 16.1 Å². The number of ether oxygens (including phenoxy) is 2. The van der Waals surface area contributed by atoms with Crippen LogP contribution in [0.1, 0.15) is 49.9 Å². The maximum atomic E-state index is 13.2. The second kappa shape index (κ2) is 13.5. The van der Waals surface area contributed by atoms with Crippen LogP contribution in [0.25, 0.3) is 10.9 Å². The maximum Gasteiger partial charge on any atom is 0.232 e. The van der Waals surface area contributed by atoms with Crippen molar-refractivity contribution in [1.29, 1.82) is 5.26 Å². The fourth-order valence-corrected chi connectivity index (χ4v) is 7.25. The number of nitriles is 1. The van der Waals surface area contributed by atoms with E-state index in [1.807, 2.05) is 12.1 Å². The van der Waals surface area contributed by atoms with Crippen molar-refractivity contribution in [3.05, 3.63) is 53.4 Å². The number of nitrogens with one attached hydrogen (secondary N) is 2. The maximum absolute atomic E-state index is 13.2. The first-order chi connectivity index (χ1) is 22.6. The fraction of sp³-hybridized carbons (Fsp3) is 0.467. The zero-order valence-corrected chi connectivity index (χ0v) is 27.1. The fourth-order valence-electron chi connectivity index (χ4n) is 6.09. The number of fused-ring (bicyclic) bond motifs is 1. The number of hydrogen-bond acceptors (Lipinski definition) is 14. The molecule has 47 heavy (non-hydrogen) atoms. The average Bonchev–Trinajstić information content (AvgIpc) is 3.46. The molecule has 16 nitrogen and oxygen atoms in total. The number of sulfonamides is 1. The molecular formula is C30H36N11O5S-. The van der Waals surface area contributed by atoms with Crippen molar-refractivity contribution in [1.82, 2.24) is 29.5 Å². The van der Waals surface area contributed by atoms with Crippen LogP contribution in [-0.4, -0.2) is 82.6 Å². The Labute approximate surface area is 272 Å². The number of rotatable bonds is 10. The van der Waals surface area contributed by atoms with Crippen LogP contribution in [0.4, 0.5) is 23.4 Å². The first-order valence-electron chi connectivity index (χ1n) is 15.3. The quantitative estimate of drug-likeness (QED) is 0.235. The van der Waals surface area contributed by atoms with E-state index in [0.29, 0.717) is 71.8 Å². The van der Waals surface area contributed by atoms with E-state index in [2.05, 4.69) is 25.2 Å². The van der Waals surface area contributed by atoms with Crippen molar-refractivity contribution in [2.45, 2.75) is 50.8 Å². The smallest absolute Gasteiger partial charge is 0.232 e. The molecule has 2 N–H and O–H groups in total. The van der Waals surface area contributed by atoms with Crippen LogP contribution in [0.15, 0.2) is 36.9 Å². The zero-order valence-electron chi connectivity index (χ0n) is 26.3. The minimum absolute atomic E-state index is 0.0711. The zero-order chi connectivity index (χ0) is 33.1. The van der Waals surface area contributed by atoms with Gasteiger partial charge < -0.3 is 34.9 Å². The molecule has 0 aromatic carbocycles. The van der Waals surface area contributed by atoms with E-state index in [1.54, 1.807) is 25.5 Å². The van der Waals surface area contributed by atoms with Crippen LogP contribution in [0.3, 0.4) is 0 Å². The Morgan fingerprint density at radius 1 is 1.09 bits per heavy atom. The third kappa shape index (κ3) is 6.99. The van der Waals surface area contributed by atoms with Gasteiger partial charge in [-0.3, -0.25) is 9.29 Å². The van der Waals surface area contributed by atoms with Crippen molar-refractivity contribution in [3.63, 3.8) is 0 Å². The molecule has 1 saturated heterocycles. The molecule has 1 atom stereocenters. The second-order valence-corrected chi connectivity index (χ2v) is 13.6. The Bertz CT molecular complexity index is 1870. The molecule has 6 rings (SSSR count). The number of pyridine rings is 2. The van der Waals surface area contributed by atoms with Gasteiger partial charge in [-0.05, 0) is 38.7 Å². The van der Waals surface area contributed by atoms with Gasteiger partial charge in [-0.2, -0.15) is 10.2 Å². The molecule has 2 fully saturated rings. The monoisotopic (exact) mass is 662 g/mol. The van der Waals surface area contributed by atoms with E-state index in [1.165, 1.54) is 33.7 Å². The number of nitrogens with zero attached hydrogens (tertiary/aromatic N) is 9. The van der Waals surface area contributed by atoms with E-state index in [4.69, 9.17) is 24.7 Å².